The average Bonchev–Trinajstić information content (AvgIpc) is 2.32. The number of aliphatic carboxylic acids is 1. The van der Waals surface area contributed by atoms with Gasteiger partial charge >= 0.3 is 12.0 Å². The number of nitrogens with one attached hydrogen (secondary N) is 2. The lowest BCUT2D eigenvalue weighted by Gasteiger charge is -2.19. The Morgan fingerprint density at radius 1 is 1.20 bits per heavy atom. The van der Waals surface area contributed by atoms with Crippen LogP contribution in [0.15, 0.2) is 0 Å². The van der Waals surface area contributed by atoms with Gasteiger partial charge in [-0.15, -0.1) is 0 Å². The number of carbonyl (C=O) groups is 2. The molecular formula is C15H30N2O3. The number of amides is 2. The highest BCUT2D eigenvalue weighted by Crippen LogP contribution is 2.14. The lowest BCUT2D eigenvalue weighted by molar-refractivity contribution is -0.138. The zero-order valence-corrected chi connectivity index (χ0v) is 13.2. The maximum Gasteiger partial charge on any atom is 0.315 e. The van der Waals surface area contributed by atoms with Crippen LogP contribution in [0.5, 0.6) is 0 Å². The molecule has 2 unspecified atom stereocenters. The fraction of sp³-hybridized carbons (Fsp3) is 0.867. The molecule has 0 rings (SSSR count). The van der Waals surface area contributed by atoms with E-state index in [0.717, 1.165) is 25.7 Å². The summed E-state index contributed by atoms with van der Waals surface area (Å²) in [4.78, 5) is 22.5. The first-order chi connectivity index (χ1) is 9.35. The predicted molar refractivity (Wildman–Crippen MR) is 80.7 cm³/mol. The van der Waals surface area contributed by atoms with Crippen LogP contribution in [0.3, 0.4) is 0 Å². The number of rotatable bonds is 10. The summed E-state index contributed by atoms with van der Waals surface area (Å²) in [5, 5.41) is 14.5. The first-order valence-electron chi connectivity index (χ1n) is 7.61. The SMILES string of the molecule is CCCCC(C)NC(=O)NCC(CC(=O)O)CC(C)C. The second-order valence-electron chi connectivity index (χ2n) is 5.99. The quantitative estimate of drug-likeness (QED) is 0.577. The smallest absolute Gasteiger partial charge is 0.315 e. The van der Waals surface area contributed by atoms with E-state index in [0.29, 0.717) is 12.5 Å². The van der Waals surface area contributed by atoms with Crippen LogP contribution < -0.4 is 10.6 Å². The molecule has 0 bridgehead atoms. The molecule has 5 nitrogen and oxygen atoms in total. The molecule has 20 heavy (non-hydrogen) atoms. The fourth-order valence-electron chi connectivity index (χ4n) is 2.25. The van der Waals surface area contributed by atoms with Crippen LogP contribution in [0.25, 0.3) is 0 Å². The minimum Gasteiger partial charge on any atom is -0.481 e. The molecule has 118 valence electrons. The highest BCUT2D eigenvalue weighted by molar-refractivity contribution is 5.74. The molecule has 0 aromatic carbocycles. The van der Waals surface area contributed by atoms with Crippen molar-refractivity contribution >= 4 is 12.0 Å². The summed E-state index contributed by atoms with van der Waals surface area (Å²) in [5.74, 6) is -0.397. The minimum absolute atomic E-state index is 0.0100. The number of urea groups is 1. The van der Waals surface area contributed by atoms with Gasteiger partial charge in [0, 0.05) is 19.0 Å². The molecule has 0 fully saturated rings. The molecule has 0 spiro atoms. The standard InChI is InChI=1S/C15H30N2O3/c1-5-6-7-12(4)17-15(20)16-10-13(8-11(2)3)9-14(18)19/h11-13H,5-10H2,1-4H3,(H,18,19)(H2,16,17,20). The Morgan fingerprint density at radius 3 is 2.35 bits per heavy atom. The Bertz CT molecular complexity index is 293. The number of unbranched alkanes of at least 4 members (excludes halogenated alkanes) is 1. The van der Waals surface area contributed by atoms with Crippen molar-refractivity contribution in [3.05, 3.63) is 0 Å². The largest absolute Gasteiger partial charge is 0.481 e. The van der Waals surface area contributed by atoms with E-state index >= 15 is 0 Å². The normalized spacial score (nSPS) is 13.8. The van der Waals surface area contributed by atoms with Crippen LogP contribution in [-0.2, 0) is 4.79 Å². The molecule has 0 aliphatic heterocycles. The Balaban J connectivity index is 4.06. The molecule has 3 N–H and O–H groups in total. The maximum atomic E-state index is 11.7. The summed E-state index contributed by atoms with van der Waals surface area (Å²) < 4.78 is 0. The van der Waals surface area contributed by atoms with Gasteiger partial charge in [0.2, 0.25) is 0 Å². The summed E-state index contributed by atoms with van der Waals surface area (Å²) in [5.41, 5.74) is 0. The van der Waals surface area contributed by atoms with Gasteiger partial charge in [-0.2, -0.15) is 0 Å². The lowest BCUT2D eigenvalue weighted by atomic mass is 9.94. The highest BCUT2D eigenvalue weighted by atomic mass is 16.4. The lowest BCUT2D eigenvalue weighted by Crippen LogP contribution is -2.42. The van der Waals surface area contributed by atoms with Crippen LogP contribution in [0.4, 0.5) is 4.79 Å². The van der Waals surface area contributed by atoms with E-state index < -0.39 is 5.97 Å². The third kappa shape index (κ3) is 10.6. The van der Waals surface area contributed by atoms with Crippen LogP contribution in [0, 0.1) is 11.8 Å². The molecule has 0 saturated heterocycles. The number of hydrogen-bond donors (Lipinski definition) is 3. The highest BCUT2D eigenvalue weighted by Gasteiger charge is 2.16. The molecular weight excluding hydrogens is 256 g/mol. The van der Waals surface area contributed by atoms with Gasteiger partial charge in [-0.25, -0.2) is 4.79 Å². The minimum atomic E-state index is -0.811. The van der Waals surface area contributed by atoms with Crippen molar-refractivity contribution in [3.63, 3.8) is 0 Å². The number of hydrogen-bond acceptors (Lipinski definition) is 2. The van der Waals surface area contributed by atoms with Gasteiger partial charge in [-0.05, 0) is 31.6 Å². The third-order valence-corrected chi connectivity index (χ3v) is 3.19. The van der Waals surface area contributed by atoms with Gasteiger partial charge in [0.15, 0.2) is 0 Å². The van der Waals surface area contributed by atoms with E-state index in [1.54, 1.807) is 0 Å². The zero-order chi connectivity index (χ0) is 15.5. The Labute approximate surface area is 122 Å². The van der Waals surface area contributed by atoms with E-state index in [4.69, 9.17) is 5.11 Å². The Hall–Kier alpha value is -1.26. The van der Waals surface area contributed by atoms with E-state index in [2.05, 4.69) is 31.4 Å². The number of carboxylic acids is 1. The van der Waals surface area contributed by atoms with Crippen molar-refractivity contribution in [1.82, 2.24) is 10.6 Å². The molecule has 2 amide bonds. The summed E-state index contributed by atoms with van der Waals surface area (Å²) >= 11 is 0. The molecule has 0 radical (unpaired) electrons. The van der Waals surface area contributed by atoms with Gasteiger partial charge in [-0.1, -0.05) is 33.6 Å². The molecule has 2 atom stereocenters. The second-order valence-corrected chi connectivity index (χ2v) is 5.99. The van der Waals surface area contributed by atoms with Crippen LogP contribution >= 0.6 is 0 Å². The first kappa shape index (κ1) is 18.7. The predicted octanol–water partition coefficient (Wildman–Crippen LogP) is 3.00. The molecule has 0 aromatic heterocycles. The Morgan fingerprint density at radius 2 is 1.85 bits per heavy atom. The van der Waals surface area contributed by atoms with Crippen molar-refractivity contribution in [2.45, 2.75) is 65.8 Å². The number of carbonyl (C=O) groups excluding carboxylic acids is 1. The van der Waals surface area contributed by atoms with Gasteiger partial charge in [-0.3, -0.25) is 4.79 Å². The Kier molecular flexibility index (Phi) is 9.86. The van der Waals surface area contributed by atoms with Gasteiger partial charge in [0.25, 0.3) is 0 Å². The topological polar surface area (TPSA) is 78.4 Å². The third-order valence-electron chi connectivity index (χ3n) is 3.19. The number of carboxylic acid groups (broad SMARTS) is 1. The van der Waals surface area contributed by atoms with E-state index in [1.807, 2.05) is 6.92 Å². The van der Waals surface area contributed by atoms with E-state index in [1.165, 1.54) is 0 Å². The van der Waals surface area contributed by atoms with Crippen LogP contribution in [0.2, 0.25) is 0 Å². The molecule has 0 aliphatic carbocycles. The average molecular weight is 286 g/mol. The van der Waals surface area contributed by atoms with Crippen molar-refractivity contribution in [2.75, 3.05) is 6.54 Å². The van der Waals surface area contributed by atoms with Crippen LogP contribution in [-0.4, -0.2) is 29.7 Å². The van der Waals surface area contributed by atoms with Crippen molar-refractivity contribution in [3.8, 4) is 0 Å². The van der Waals surface area contributed by atoms with Crippen molar-refractivity contribution < 1.29 is 14.7 Å². The van der Waals surface area contributed by atoms with Crippen LogP contribution in [0.1, 0.15) is 59.8 Å². The summed E-state index contributed by atoms with van der Waals surface area (Å²) in [7, 11) is 0. The molecule has 0 heterocycles. The second kappa shape index (κ2) is 10.5. The van der Waals surface area contributed by atoms with Gasteiger partial charge in [0.1, 0.15) is 0 Å². The fourth-order valence-corrected chi connectivity index (χ4v) is 2.25. The molecule has 5 heteroatoms. The van der Waals surface area contributed by atoms with E-state index in [-0.39, 0.29) is 24.4 Å². The molecule has 0 saturated carbocycles. The van der Waals surface area contributed by atoms with Gasteiger partial charge < -0.3 is 15.7 Å². The maximum absolute atomic E-state index is 11.7. The van der Waals surface area contributed by atoms with E-state index in [9.17, 15) is 9.59 Å². The summed E-state index contributed by atoms with van der Waals surface area (Å²) in [6.45, 7) is 8.63. The first-order valence-corrected chi connectivity index (χ1v) is 7.61. The van der Waals surface area contributed by atoms with Crippen molar-refractivity contribution in [1.29, 1.82) is 0 Å². The van der Waals surface area contributed by atoms with Gasteiger partial charge in [0.05, 0.1) is 0 Å². The summed E-state index contributed by atoms with van der Waals surface area (Å²) in [6.07, 6.45) is 4.08. The van der Waals surface area contributed by atoms with Crippen molar-refractivity contribution in [2.24, 2.45) is 11.8 Å². The summed E-state index contributed by atoms with van der Waals surface area (Å²) in [6, 6.07) is -0.0503. The monoisotopic (exact) mass is 286 g/mol. The zero-order valence-electron chi connectivity index (χ0n) is 13.2. The molecule has 0 aromatic rings. The molecule has 0 aliphatic rings.